The Kier molecular flexibility index (Phi) is 5.53. The number of thioether (sulfide) groups is 1. The van der Waals surface area contributed by atoms with Crippen molar-refractivity contribution in [3.05, 3.63) is 58.6 Å². The van der Waals surface area contributed by atoms with Gasteiger partial charge in [0.2, 0.25) is 0 Å². The average molecular weight is 321 g/mol. The molecular weight excluding hydrogens is 304 g/mol. The van der Waals surface area contributed by atoms with Crippen LogP contribution in [0.15, 0.2) is 47.4 Å². The van der Waals surface area contributed by atoms with Gasteiger partial charge in [0.25, 0.3) is 0 Å². The molecule has 110 valence electrons. The Morgan fingerprint density at radius 3 is 2.76 bits per heavy atom. The number of halogens is 1. The number of nitrogens with one attached hydrogen (secondary N) is 2. The molecule has 0 fully saturated rings. The Morgan fingerprint density at radius 2 is 2.05 bits per heavy atom. The Labute approximate surface area is 134 Å². The van der Waals surface area contributed by atoms with E-state index in [1.54, 1.807) is 11.8 Å². The number of amides is 2. The molecule has 0 unspecified atom stereocenters. The molecule has 0 spiro atoms. The zero-order valence-electron chi connectivity index (χ0n) is 11.9. The van der Waals surface area contributed by atoms with Crippen molar-refractivity contribution >= 4 is 35.1 Å². The van der Waals surface area contributed by atoms with Gasteiger partial charge in [0, 0.05) is 22.2 Å². The van der Waals surface area contributed by atoms with Gasteiger partial charge >= 0.3 is 6.03 Å². The van der Waals surface area contributed by atoms with Crippen LogP contribution in [0.3, 0.4) is 0 Å². The van der Waals surface area contributed by atoms with Crippen molar-refractivity contribution in [2.24, 2.45) is 0 Å². The van der Waals surface area contributed by atoms with Crippen LogP contribution in [0.5, 0.6) is 0 Å². The molecule has 3 nitrogen and oxygen atoms in total. The van der Waals surface area contributed by atoms with E-state index in [0.717, 1.165) is 21.7 Å². The van der Waals surface area contributed by atoms with Crippen LogP contribution in [0.4, 0.5) is 10.5 Å². The van der Waals surface area contributed by atoms with E-state index >= 15 is 0 Å². The van der Waals surface area contributed by atoms with Crippen LogP contribution < -0.4 is 10.6 Å². The van der Waals surface area contributed by atoms with Gasteiger partial charge in [0.15, 0.2) is 0 Å². The van der Waals surface area contributed by atoms with Crippen LogP contribution in [0.25, 0.3) is 0 Å². The van der Waals surface area contributed by atoms with Crippen LogP contribution in [-0.2, 0) is 6.54 Å². The highest BCUT2D eigenvalue weighted by Gasteiger charge is 2.04. The highest BCUT2D eigenvalue weighted by molar-refractivity contribution is 7.98. The monoisotopic (exact) mass is 320 g/mol. The number of anilines is 1. The van der Waals surface area contributed by atoms with Crippen molar-refractivity contribution in [1.82, 2.24) is 5.32 Å². The molecule has 0 aliphatic rings. The Hall–Kier alpha value is -1.65. The maximum atomic E-state index is 11.9. The van der Waals surface area contributed by atoms with Gasteiger partial charge in [-0.15, -0.1) is 11.8 Å². The van der Waals surface area contributed by atoms with Crippen molar-refractivity contribution in [1.29, 1.82) is 0 Å². The van der Waals surface area contributed by atoms with E-state index in [0.29, 0.717) is 11.6 Å². The van der Waals surface area contributed by atoms with Crippen LogP contribution in [0.2, 0.25) is 5.02 Å². The molecule has 2 aromatic carbocycles. The fourth-order valence-corrected chi connectivity index (χ4v) is 2.60. The molecule has 5 heteroatoms. The molecule has 0 radical (unpaired) electrons. The van der Waals surface area contributed by atoms with Gasteiger partial charge in [-0.1, -0.05) is 23.7 Å². The van der Waals surface area contributed by atoms with E-state index in [1.807, 2.05) is 55.6 Å². The molecular formula is C16H17ClN2OS. The molecule has 0 saturated carbocycles. The highest BCUT2D eigenvalue weighted by atomic mass is 35.5. The van der Waals surface area contributed by atoms with E-state index in [-0.39, 0.29) is 6.03 Å². The van der Waals surface area contributed by atoms with Crippen molar-refractivity contribution in [2.45, 2.75) is 18.4 Å². The number of carbonyl (C=O) groups excluding carboxylic acids is 1. The zero-order valence-corrected chi connectivity index (χ0v) is 13.5. The lowest BCUT2D eigenvalue weighted by atomic mass is 10.1. The number of hydrogen-bond donors (Lipinski definition) is 2. The number of benzene rings is 2. The van der Waals surface area contributed by atoms with Crippen LogP contribution >= 0.6 is 23.4 Å². The molecule has 2 N–H and O–H groups in total. The molecule has 21 heavy (non-hydrogen) atoms. The normalized spacial score (nSPS) is 10.2. The largest absolute Gasteiger partial charge is 0.334 e. The van der Waals surface area contributed by atoms with Gasteiger partial charge < -0.3 is 10.6 Å². The van der Waals surface area contributed by atoms with Gasteiger partial charge in [-0.25, -0.2) is 4.79 Å². The SMILES string of the molecule is CSc1cccc(NC(=O)NCc2ccc(Cl)cc2C)c1. The quantitative estimate of drug-likeness (QED) is 0.802. The molecule has 2 aromatic rings. The second kappa shape index (κ2) is 7.38. The fraction of sp³-hybridized carbons (Fsp3) is 0.188. The predicted molar refractivity (Wildman–Crippen MR) is 90.3 cm³/mol. The van der Waals surface area contributed by atoms with Gasteiger partial charge in [0.1, 0.15) is 0 Å². The smallest absolute Gasteiger partial charge is 0.319 e. The molecule has 2 rings (SSSR count). The van der Waals surface area contributed by atoms with Gasteiger partial charge in [-0.2, -0.15) is 0 Å². The van der Waals surface area contributed by atoms with Crippen molar-refractivity contribution in [3.63, 3.8) is 0 Å². The van der Waals surface area contributed by atoms with E-state index in [2.05, 4.69) is 10.6 Å². The molecule has 0 bridgehead atoms. The topological polar surface area (TPSA) is 41.1 Å². The first-order valence-electron chi connectivity index (χ1n) is 6.52. The summed E-state index contributed by atoms with van der Waals surface area (Å²) in [6.45, 7) is 2.44. The van der Waals surface area contributed by atoms with Crippen LogP contribution in [0, 0.1) is 6.92 Å². The lowest BCUT2D eigenvalue weighted by Gasteiger charge is -2.10. The molecule has 0 saturated heterocycles. The summed E-state index contributed by atoms with van der Waals surface area (Å²) in [4.78, 5) is 13.0. The average Bonchev–Trinajstić information content (AvgIpc) is 2.46. The van der Waals surface area contributed by atoms with Gasteiger partial charge in [-0.05, 0) is 54.6 Å². The minimum Gasteiger partial charge on any atom is -0.334 e. The number of carbonyl (C=O) groups is 1. The van der Waals surface area contributed by atoms with Crippen LogP contribution in [-0.4, -0.2) is 12.3 Å². The Morgan fingerprint density at radius 1 is 1.24 bits per heavy atom. The third kappa shape index (κ3) is 4.69. The van der Waals surface area contributed by atoms with Gasteiger partial charge in [0.05, 0.1) is 0 Å². The predicted octanol–water partition coefficient (Wildman–Crippen LogP) is 4.69. The summed E-state index contributed by atoms with van der Waals surface area (Å²) in [6, 6.07) is 13.2. The first-order valence-corrected chi connectivity index (χ1v) is 8.12. The molecule has 0 atom stereocenters. The fourth-order valence-electron chi connectivity index (χ4n) is 1.91. The van der Waals surface area contributed by atoms with Crippen molar-refractivity contribution in [2.75, 3.05) is 11.6 Å². The highest BCUT2D eigenvalue weighted by Crippen LogP contribution is 2.19. The van der Waals surface area contributed by atoms with Gasteiger partial charge in [-0.3, -0.25) is 0 Å². The zero-order chi connectivity index (χ0) is 15.2. The van der Waals surface area contributed by atoms with E-state index in [4.69, 9.17) is 11.6 Å². The summed E-state index contributed by atoms with van der Waals surface area (Å²) in [5.74, 6) is 0. The van der Waals surface area contributed by atoms with Crippen molar-refractivity contribution in [3.8, 4) is 0 Å². The summed E-state index contributed by atoms with van der Waals surface area (Å²) in [5, 5.41) is 6.38. The molecule has 2 amide bonds. The second-order valence-corrected chi connectivity index (χ2v) is 5.93. The molecule has 0 aliphatic carbocycles. The summed E-state index contributed by atoms with van der Waals surface area (Å²) >= 11 is 7.55. The third-order valence-corrected chi connectivity index (χ3v) is 4.03. The van der Waals surface area contributed by atoms with E-state index in [1.165, 1.54) is 0 Å². The molecule has 0 aromatic heterocycles. The molecule has 0 aliphatic heterocycles. The summed E-state index contributed by atoms with van der Waals surface area (Å²) in [5.41, 5.74) is 2.90. The number of rotatable bonds is 4. The maximum absolute atomic E-state index is 11.9. The lowest BCUT2D eigenvalue weighted by Crippen LogP contribution is -2.28. The van der Waals surface area contributed by atoms with E-state index in [9.17, 15) is 4.79 Å². The van der Waals surface area contributed by atoms with Crippen molar-refractivity contribution < 1.29 is 4.79 Å². The standard InChI is InChI=1S/C16H17ClN2OS/c1-11-8-13(17)7-6-12(11)10-18-16(20)19-14-4-3-5-15(9-14)21-2/h3-9H,10H2,1-2H3,(H2,18,19,20). The summed E-state index contributed by atoms with van der Waals surface area (Å²) < 4.78 is 0. The first-order chi connectivity index (χ1) is 10.1. The Bertz CT molecular complexity index is 646. The maximum Gasteiger partial charge on any atom is 0.319 e. The minimum atomic E-state index is -0.220. The minimum absolute atomic E-state index is 0.220. The lowest BCUT2D eigenvalue weighted by molar-refractivity contribution is 0.251. The number of aryl methyl sites for hydroxylation is 1. The van der Waals surface area contributed by atoms with E-state index < -0.39 is 0 Å². The molecule has 0 heterocycles. The number of urea groups is 1. The second-order valence-electron chi connectivity index (χ2n) is 4.61. The Balaban J connectivity index is 1.92. The first kappa shape index (κ1) is 15.7. The third-order valence-electron chi connectivity index (χ3n) is 3.07. The summed E-state index contributed by atoms with van der Waals surface area (Å²) in [6.07, 6.45) is 2.00. The van der Waals surface area contributed by atoms with Crippen LogP contribution in [0.1, 0.15) is 11.1 Å². The number of hydrogen-bond acceptors (Lipinski definition) is 2. The summed E-state index contributed by atoms with van der Waals surface area (Å²) in [7, 11) is 0.